The molecule has 7 heteroatoms. The van der Waals surface area contributed by atoms with Crippen LogP contribution in [0.3, 0.4) is 0 Å². The van der Waals surface area contributed by atoms with Gasteiger partial charge in [0, 0.05) is 51.4 Å². The summed E-state index contributed by atoms with van der Waals surface area (Å²) in [4.78, 5) is 44.9. The fourth-order valence-electron chi connectivity index (χ4n) is 4.62. The first-order valence-electron chi connectivity index (χ1n) is 11.4. The molecule has 0 radical (unpaired) electrons. The van der Waals surface area contributed by atoms with E-state index in [1.165, 1.54) is 0 Å². The zero-order chi connectivity index (χ0) is 22.7. The number of piperidine rings is 1. The molecule has 0 aliphatic carbocycles. The van der Waals surface area contributed by atoms with E-state index in [9.17, 15) is 14.4 Å². The van der Waals surface area contributed by atoms with Crippen molar-refractivity contribution < 1.29 is 9.59 Å². The van der Waals surface area contributed by atoms with Crippen LogP contribution >= 0.6 is 0 Å². The van der Waals surface area contributed by atoms with Crippen LogP contribution in [0, 0.1) is 12.8 Å². The Balaban J connectivity index is 1.39. The Labute approximate surface area is 189 Å². The Morgan fingerprint density at radius 2 is 1.66 bits per heavy atom. The lowest BCUT2D eigenvalue weighted by molar-refractivity contribution is -0.138. The molecule has 1 aromatic carbocycles. The number of amides is 2. The van der Waals surface area contributed by atoms with E-state index in [2.05, 4.69) is 11.9 Å². The third kappa shape index (κ3) is 4.93. The van der Waals surface area contributed by atoms with Crippen molar-refractivity contribution in [2.45, 2.75) is 26.3 Å². The van der Waals surface area contributed by atoms with Gasteiger partial charge in [0.15, 0.2) is 0 Å². The summed E-state index contributed by atoms with van der Waals surface area (Å²) in [5.74, 6) is -0.0549. The van der Waals surface area contributed by atoms with E-state index in [0.717, 1.165) is 37.3 Å². The van der Waals surface area contributed by atoms with Crippen molar-refractivity contribution in [2.24, 2.45) is 5.92 Å². The number of rotatable bonds is 4. The molecule has 2 amide bonds. The molecule has 2 saturated heterocycles. The van der Waals surface area contributed by atoms with Gasteiger partial charge in [0.2, 0.25) is 5.91 Å². The highest BCUT2D eigenvalue weighted by atomic mass is 16.2. The van der Waals surface area contributed by atoms with Gasteiger partial charge in [-0.1, -0.05) is 29.8 Å². The maximum absolute atomic E-state index is 13.1. The first-order chi connectivity index (χ1) is 15.4. The van der Waals surface area contributed by atoms with Crippen LogP contribution in [0.15, 0.2) is 47.4 Å². The van der Waals surface area contributed by atoms with Crippen molar-refractivity contribution in [3.8, 4) is 0 Å². The van der Waals surface area contributed by atoms with Gasteiger partial charge >= 0.3 is 0 Å². The first kappa shape index (κ1) is 22.3. The molecule has 2 aliphatic heterocycles. The Morgan fingerprint density at radius 3 is 2.34 bits per heavy atom. The molecule has 32 heavy (non-hydrogen) atoms. The summed E-state index contributed by atoms with van der Waals surface area (Å²) >= 11 is 0. The number of hydrogen-bond acceptors (Lipinski definition) is 4. The molecule has 2 aliphatic rings. The summed E-state index contributed by atoms with van der Waals surface area (Å²) in [7, 11) is 2.07. The monoisotopic (exact) mass is 436 g/mol. The smallest absolute Gasteiger partial charge is 0.263 e. The van der Waals surface area contributed by atoms with Gasteiger partial charge in [0.05, 0.1) is 6.54 Å². The molecule has 4 rings (SSSR count). The zero-order valence-electron chi connectivity index (χ0n) is 19.0. The number of aryl methyl sites for hydroxylation is 1. The molecule has 0 N–H and O–H groups in total. The van der Waals surface area contributed by atoms with Gasteiger partial charge in [-0.3, -0.25) is 14.4 Å². The number of benzene rings is 1. The molecule has 0 bridgehead atoms. The normalized spacial score (nSPS) is 18.1. The van der Waals surface area contributed by atoms with Gasteiger partial charge in [0.25, 0.3) is 11.5 Å². The Morgan fingerprint density at radius 1 is 0.938 bits per heavy atom. The van der Waals surface area contributed by atoms with Gasteiger partial charge in [-0.2, -0.15) is 0 Å². The number of likely N-dealkylation sites (N-methyl/N-ethyl adjacent to an activating group) is 1. The number of pyridine rings is 1. The number of piperazine rings is 1. The second-order valence-electron chi connectivity index (χ2n) is 9.04. The summed E-state index contributed by atoms with van der Waals surface area (Å²) in [6.45, 7) is 6.84. The van der Waals surface area contributed by atoms with Crippen molar-refractivity contribution in [3.63, 3.8) is 0 Å². The number of carbonyl (C=O) groups is 2. The summed E-state index contributed by atoms with van der Waals surface area (Å²) in [5, 5.41) is 0. The van der Waals surface area contributed by atoms with Crippen molar-refractivity contribution in [2.75, 3.05) is 46.3 Å². The number of aromatic nitrogens is 1. The molecular formula is C25H32N4O3. The first-order valence-corrected chi connectivity index (χ1v) is 11.4. The topological polar surface area (TPSA) is 65.9 Å². The van der Waals surface area contributed by atoms with Gasteiger partial charge in [-0.05, 0) is 44.5 Å². The Kier molecular flexibility index (Phi) is 6.74. The molecule has 3 heterocycles. The van der Waals surface area contributed by atoms with Crippen molar-refractivity contribution in [1.82, 2.24) is 19.3 Å². The molecule has 0 unspecified atom stereocenters. The molecule has 2 fully saturated rings. The van der Waals surface area contributed by atoms with Crippen LogP contribution in [-0.4, -0.2) is 77.4 Å². The predicted molar refractivity (Wildman–Crippen MR) is 124 cm³/mol. The molecule has 0 atom stereocenters. The number of hydrogen-bond donors (Lipinski definition) is 0. The van der Waals surface area contributed by atoms with Crippen LogP contribution in [0.4, 0.5) is 0 Å². The van der Waals surface area contributed by atoms with Crippen molar-refractivity contribution in [1.29, 1.82) is 0 Å². The molecule has 0 saturated carbocycles. The van der Waals surface area contributed by atoms with Crippen LogP contribution in [-0.2, 0) is 11.3 Å². The molecular weight excluding hydrogens is 404 g/mol. The fourth-order valence-corrected chi connectivity index (χ4v) is 4.62. The van der Waals surface area contributed by atoms with E-state index >= 15 is 0 Å². The van der Waals surface area contributed by atoms with E-state index in [4.69, 9.17) is 0 Å². The average Bonchev–Trinajstić information content (AvgIpc) is 2.80. The van der Waals surface area contributed by atoms with Crippen LogP contribution in [0.25, 0.3) is 0 Å². The summed E-state index contributed by atoms with van der Waals surface area (Å²) in [6.07, 6.45) is 3.03. The third-order valence-corrected chi connectivity index (χ3v) is 6.63. The van der Waals surface area contributed by atoms with Crippen LogP contribution < -0.4 is 5.56 Å². The lowest BCUT2D eigenvalue weighted by Gasteiger charge is -2.37. The van der Waals surface area contributed by atoms with E-state index < -0.39 is 0 Å². The van der Waals surface area contributed by atoms with Gasteiger partial charge in [-0.15, -0.1) is 0 Å². The second-order valence-corrected chi connectivity index (χ2v) is 9.04. The van der Waals surface area contributed by atoms with E-state index in [1.54, 1.807) is 27.8 Å². The minimum Gasteiger partial charge on any atom is -0.340 e. The summed E-state index contributed by atoms with van der Waals surface area (Å²) < 4.78 is 1.59. The van der Waals surface area contributed by atoms with Crippen LogP contribution in [0.1, 0.15) is 34.3 Å². The van der Waals surface area contributed by atoms with E-state index in [1.807, 2.05) is 36.1 Å². The highest BCUT2D eigenvalue weighted by molar-refractivity contribution is 5.94. The number of likely N-dealkylation sites (tertiary alicyclic amines) is 1. The SMILES string of the molecule is Cc1cccc(Cn2cccc(C(=O)N3CCC(C(=O)N4CCN(C)CC4)CC3)c2=O)c1. The van der Waals surface area contributed by atoms with E-state index in [-0.39, 0.29) is 28.9 Å². The minimum atomic E-state index is -0.269. The quantitative estimate of drug-likeness (QED) is 0.734. The lowest BCUT2D eigenvalue weighted by Crippen LogP contribution is -2.51. The highest BCUT2D eigenvalue weighted by Gasteiger charge is 2.32. The third-order valence-electron chi connectivity index (χ3n) is 6.63. The fraction of sp³-hybridized carbons (Fsp3) is 0.480. The molecule has 7 nitrogen and oxygen atoms in total. The molecule has 2 aromatic rings. The largest absolute Gasteiger partial charge is 0.340 e. The van der Waals surface area contributed by atoms with Crippen LogP contribution in [0.2, 0.25) is 0 Å². The number of nitrogens with zero attached hydrogens (tertiary/aromatic N) is 4. The Hall–Kier alpha value is -2.93. The van der Waals surface area contributed by atoms with Gasteiger partial charge in [-0.25, -0.2) is 0 Å². The maximum atomic E-state index is 13.1. The summed E-state index contributed by atoms with van der Waals surface area (Å²) in [5.41, 5.74) is 2.09. The maximum Gasteiger partial charge on any atom is 0.263 e. The molecule has 0 spiro atoms. The van der Waals surface area contributed by atoms with E-state index in [0.29, 0.717) is 32.5 Å². The van der Waals surface area contributed by atoms with Gasteiger partial charge in [0.1, 0.15) is 5.56 Å². The van der Waals surface area contributed by atoms with Crippen LogP contribution in [0.5, 0.6) is 0 Å². The lowest BCUT2D eigenvalue weighted by atomic mass is 9.94. The minimum absolute atomic E-state index is 0.0313. The highest BCUT2D eigenvalue weighted by Crippen LogP contribution is 2.21. The Bertz CT molecular complexity index is 1030. The standard InChI is InChI=1S/C25H32N4O3/c1-19-5-3-6-20(17-19)18-29-10-4-7-22(25(29)32)24(31)27-11-8-21(9-12-27)23(30)28-15-13-26(2)14-16-28/h3-7,10,17,21H,8-9,11-16,18H2,1-2H3. The zero-order valence-corrected chi connectivity index (χ0v) is 19.0. The molecule has 1 aromatic heterocycles. The molecule has 170 valence electrons. The van der Waals surface area contributed by atoms with Crippen molar-refractivity contribution >= 4 is 11.8 Å². The summed E-state index contributed by atoms with van der Waals surface area (Å²) in [6, 6.07) is 11.4. The average molecular weight is 437 g/mol. The van der Waals surface area contributed by atoms with Crippen molar-refractivity contribution in [3.05, 3.63) is 69.6 Å². The predicted octanol–water partition coefficient (Wildman–Crippen LogP) is 1.83. The number of carbonyl (C=O) groups excluding carboxylic acids is 2. The van der Waals surface area contributed by atoms with Gasteiger partial charge < -0.3 is 19.3 Å². The second kappa shape index (κ2) is 9.69.